The molecule has 18 heavy (non-hydrogen) atoms. The normalized spacial score (nSPS) is 21.3. The third kappa shape index (κ3) is 3.10. The van der Waals surface area contributed by atoms with Gasteiger partial charge in [0.25, 0.3) is 0 Å². The Morgan fingerprint density at radius 3 is 2.67 bits per heavy atom. The number of hydrogen-bond donors (Lipinski definition) is 1. The van der Waals surface area contributed by atoms with Crippen molar-refractivity contribution in [1.29, 1.82) is 0 Å². The predicted molar refractivity (Wildman–Crippen MR) is 70.2 cm³/mol. The fraction of sp³-hybridized carbons (Fsp3) is 0.538. The van der Waals surface area contributed by atoms with Crippen LogP contribution in [0.1, 0.15) is 12.8 Å². The summed E-state index contributed by atoms with van der Waals surface area (Å²) in [6.45, 7) is 1.50. The van der Waals surface area contributed by atoms with E-state index >= 15 is 0 Å². The molecule has 0 bridgehead atoms. The third-order valence-electron chi connectivity index (χ3n) is 3.46. The van der Waals surface area contributed by atoms with Crippen LogP contribution in [0.15, 0.2) is 35.2 Å². The molecular formula is C13H19NO3S. The van der Waals surface area contributed by atoms with Crippen LogP contribution in [-0.4, -0.2) is 49.9 Å². The number of sulfone groups is 1. The fourth-order valence-corrected chi connectivity index (χ4v) is 3.66. The van der Waals surface area contributed by atoms with Crippen molar-refractivity contribution in [2.24, 2.45) is 0 Å². The Labute approximate surface area is 108 Å². The minimum absolute atomic E-state index is 0.116. The molecule has 1 N–H and O–H groups in total. The molecule has 1 aliphatic rings. The van der Waals surface area contributed by atoms with Crippen molar-refractivity contribution in [3.63, 3.8) is 0 Å². The van der Waals surface area contributed by atoms with Gasteiger partial charge in [0.15, 0.2) is 9.84 Å². The lowest BCUT2D eigenvalue weighted by atomic mass is 10.2. The molecule has 1 aromatic rings. The highest BCUT2D eigenvalue weighted by Crippen LogP contribution is 2.17. The van der Waals surface area contributed by atoms with Gasteiger partial charge in [0, 0.05) is 12.6 Å². The van der Waals surface area contributed by atoms with E-state index in [4.69, 9.17) is 0 Å². The summed E-state index contributed by atoms with van der Waals surface area (Å²) < 4.78 is 24.2. The second kappa shape index (κ2) is 5.82. The van der Waals surface area contributed by atoms with E-state index in [1.165, 1.54) is 0 Å². The molecule has 0 aromatic heterocycles. The van der Waals surface area contributed by atoms with Crippen LogP contribution in [-0.2, 0) is 9.84 Å². The Balaban J connectivity index is 1.98. The molecular weight excluding hydrogens is 250 g/mol. The number of nitrogens with zero attached hydrogens (tertiary/aromatic N) is 1. The second-order valence-corrected chi connectivity index (χ2v) is 6.76. The van der Waals surface area contributed by atoms with Crippen molar-refractivity contribution < 1.29 is 13.5 Å². The summed E-state index contributed by atoms with van der Waals surface area (Å²) in [7, 11) is -3.20. The highest BCUT2D eigenvalue weighted by molar-refractivity contribution is 7.91. The first-order valence-corrected chi connectivity index (χ1v) is 7.91. The van der Waals surface area contributed by atoms with Gasteiger partial charge in [-0.1, -0.05) is 18.2 Å². The van der Waals surface area contributed by atoms with Crippen LogP contribution in [0.4, 0.5) is 0 Å². The first-order chi connectivity index (χ1) is 8.63. The molecule has 1 aliphatic heterocycles. The Kier molecular flexibility index (Phi) is 4.37. The molecule has 0 radical (unpaired) electrons. The molecule has 1 unspecified atom stereocenters. The Morgan fingerprint density at radius 1 is 1.28 bits per heavy atom. The summed E-state index contributed by atoms with van der Waals surface area (Å²) >= 11 is 0. The van der Waals surface area contributed by atoms with E-state index in [1.807, 2.05) is 0 Å². The molecule has 5 heteroatoms. The van der Waals surface area contributed by atoms with Crippen LogP contribution < -0.4 is 0 Å². The largest absolute Gasteiger partial charge is 0.395 e. The van der Waals surface area contributed by atoms with Gasteiger partial charge in [0.05, 0.1) is 17.3 Å². The molecule has 1 fully saturated rings. The van der Waals surface area contributed by atoms with Crippen molar-refractivity contribution >= 4 is 9.84 Å². The zero-order chi connectivity index (χ0) is 13.0. The van der Waals surface area contributed by atoms with Gasteiger partial charge in [-0.15, -0.1) is 0 Å². The first-order valence-electron chi connectivity index (χ1n) is 6.26. The molecule has 1 atom stereocenters. The molecule has 100 valence electrons. The van der Waals surface area contributed by atoms with E-state index in [-0.39, 0.29) is 18.4 Å². The van der Waals surface area contributed by atoms with E-state index in [1.54, 1.807) is 30.3 Å². The van der Waals surface area contributed by atoms with E-state index in [9.17, 15) is 13.5 Å². The quantitative estimate of drug-likeness (QED) is 0.863. The molecule has 0 spiro atoms. The highest BCUT2D eigenvalue weighted by Gasteiger charge is 2.25. The van der Waals surface area contributed by atoms with E-state index in [0.29, 0.717) is 11.4 Å². The SMILES string of the molecule is O=S(=O)(CCN1CCCC1CO)c1ccccc1. The number of aliphatic hydroxyl groups is 1. The maximum absolute atomic E-state index is 12.1. The number of rotatable bonds is 5. The van der Waals surface area contributed by atoms with Crippen LogP contribution in [0.25, 0.3) is 0 Å². The maximum Gasteiger partial charge on any atom is 0.179 e. The van der Waals surface area contributed by atoms with Crippen LogP contribution in [0.3, 0.4) is 0 Å². The third-order valence-corrected chi connectivity index (χ3v) is 5.17. The van der Waals surface area contributed by atoms with Gasteiger partial charge in [-0.3, -0.25) is 4.90 Å². The lowest BCUT2D eigenvalue weighted by Gasteiger charge is -2.22. The van der Waals surface area contributed by atoms with Crippen LogP contribution in [0.2, 0.25) is 0 Å². The smallest absolute Gasteiger partial charge is 0.179 e. The number of likely N-dealkylation sites (tertiary alicyclic amines) is 1. The van der Waals surface area contributed by atoms with Gasteiger partial charge >= 0.3 is 0 Å². The van der Waals surface area contributed by atoms with Crippen molar-refractivity contribution in [3.8, 4) is 0 Å². The predicted octanol–water partition coefficient (Wildman–Crippen LogP) is 0.917. The van der Waals surface area contributed by atoms with Gasteiger partial charge in [-0.25, -0.2) is 8.42 Å². The topological polar surface area (TPSA) is 57.6 Å². The van der Waals surface area contributed by atoms with Crippen molar-refractivity contribution in [2.75, 3.05) is 25.4 Å². The van der Waals surface area contributed by atoms with Crippen molar-refractivity contribution in [2.45, 2.75) is 23.8 Å². The molecule has 1 aromatic carbocycles. The monoisotopic (exact) mass is 269 g/mol. The Morgan fingerprint density at radius 2 is 2.00 bits per heavy atom. The molecule has 2 rings (SSSR count). The fourth-order valence-electron chi connectivity index (χ4n) is 2.38. The summed E-state index contributed by atoms with van der Waals surface area (Å²) in [6, 6.07) is 8.67. The summed E-state index contributed by atoms with van der Waals surface area (Å²) in [6.07, 6.45) is 2.00. The molecule has 0 aliphatic carbocycles. The zero-order valence-corrected chi connectivity index (χ0v) is 11.1. The summed E-state index contributed by atoms with van der Waals surface area (Å²) in [5, 5.41) is 9.19. The number of aliphatic hydroxyl groups excluding tert-OH is 1. The van der Waals surface area contributed by atoms with Gasteiger partial charge in [-0.05, 0) is 31.5 Å². The van der Waals surface area contributed by atoms with E-state index in [0.717, 1.165) is 19.4 Å². The summed E-state index contributed by atoms with van der Waals surface area (Å²) in [4.78, 5) is 2.45. The highest BCUT2D eigenvalue weighted by atomic mass is 32.2. The lowest BCUT2D eigenvalue weighted by Crippen LogP contribution is -2.35. The van der Waals surface area contributed by atoms with Gasteiger partial charge < -0.3 is 5.11 Å². The van der Waals surface area contributed by atoms with Crippen LogP contribution in [0, 0.1) is 0 Å². The first kappa shape index (κ1) is 13.5. The maximum atomic E-state index is 12.1. The Bertz CT molecular complexity index is 472. The van der Waals surface area contributed by atoms with Crippen LogP contribution in [0.5, 0.6) is 0 Å². The summed E-state index contributed by atoms with van der Waals surface area (Å²) in [5.74, 6) is 0.119. The molecule has 4 nitrogen and oxygen atoms in total. The van der Waals surface area contributed by atoms with Crippen LogP contribution >= 0.6 is 0 Å². The van der Waals surface area contributed by atoms with Gasteiger partial charge in [-0.2, -0.15) is 0 Å². The van der Waals surface area contributed by atoms with Crippen molar-refractivity contribution in [1.82, 2.24) is 4.90 Å². The number of hydrogen-bond acceptors (Lipinski definition) is 4. The van der Waals surface area contributed by atoms with E-state index in [2.05, 4.69) is 4.90 Å². The zero-order valence-electron chi connectivity index (χ0n) is 10.3. The minimum atomic E-state index is -3.20. The molecule has 0 saturated carbocycles. The minimum Gasteiger partial charge on any atom is -0.395 e. The molecule has 1 heterocycles. The molecule has 0 amide bonds. The van der Waals surface area contributed by atoms with E-state index < -0.39 is 9.84 Å². The number of benzene rings is 1. The van der Waals surface area contributed by atoms with Gasteiger partial charge in [0.1, 0.15) is 0 Å². The summed E-state index contributed by atoms with van der Waals surface area (Å²) in [5.41, 5.74) is 0. The average molecular weight is 269 g/mol. The second-order valence-electron chi connectivity index (χ2n) is 4.65. The van der Waals surface area contributed by atoms with Gasteiger partial charge in [0.2, 0.25) is 0 Å². The lowest BCUT2D eigenvalue weighted by molar-refractivity contribution is 0.165. The Hall–Kier alpha value is -0.910. The van der Waals surface area contributed by atoms with Crippen molar-refractivity contribution in [3.05, 3.63) is 30.3 Å². The average Bonchev–Trinajstić information content (AvgIpc) is 2.85. The standard InChI is InChI=1S/C13H19NO3S/c15-11-12-5-4-8-14(12)9-10-18(16,17)13-6-2-1-3-7-13/h1-3,6-7,12,15H,4-5,8-11H2. The molecule has 1 saturated heterocycles.